The molecule has 1 rings (SSSR count). The Bertz CT molecular complexity index is 356. The number of hydrogen-bond acceptors (Lipinski definition) is 2. The van der Waals surface area contributed by atoms with Gasteiger partial charge in [-0.25, -0.2) is 13.6 Å². The summed E-state index contributed by atoms with van der Waals surface area (Å²) in [5, 5.41) is 0. The van der Waals surface area contributed by atoms with Crippen LogP contribution in [0.3, 0.4) is 0 Å². The number of rotatable bonds is 1. The number of halogens is 2. The normalized spacial score (nSPS) is 9.25. The Morgan fingerprint density at radius 1 is 1.42 bits per heavy atom. The van der Waals surface area contributed by atoms with Gasteiger partial charge in [-0.05, 0) is 6.92 Å². The second-order valence-corrected chi connectivity index (χ2v) is 2.23. The molecule has 1 aromatic carbocycles. The molecule has 0 amide bonds. The summed E-state index contributed by atoms with van der Waals surface area (Å²) >= 11 is 0. The summed E-state index contributed by atoms with van der Waals surface area (Å²) in [6.45, 7) is 1.41. The molecule has 0 saturated heterocycles. The highest BCUT2D eigenvalue weighted by molar-refractivity contribution is 5.53. The van der Waals surface area contributed by atoms with E-state index in [0.29, 0.717) is 0 Å². The Balaban J connectivity index is 3.36. The number of carbonyl (C=O) groups excluding carboxylic acids is 1. The summed E-state index contributed by atoms with van der Waals surface area (Å²) in [5.74, 6) is -1.48. The minimum Gasteiger partial charge on any atom is -0.211 e. The Labute approximate surface area is 67.5 Å². The Morgan fingerprint density at radius 2 is 2.08 bits per heavy atom. The fourth-order valence-electron chi connectivity index (χ4n) is 0.797. The molecule has 0 fully saturated rings. The van der Waals surface area contributed by atoms with Crippen molar-refractivity contribution in [2.45, 2.75) is 6.92 Å². The highest BCUT2D eigenvalue weighted by Gasteiger charge is 2.05. The lowest BCUT2D eigenvalue weighted by Crippen LogP contribution is -1.85. The van der Waals surface area contributed by atoms with E-state index >= 15 is 0 Å². The van der Waals surface area contributed by atoms with Gasteiger partial charge in [0.1, 0.15) is 11.6 Å². The molecule has 0 N–H and O–H groups in total. The van der Waals surface area contributed by atoms with Gasteiger partial charge in [-0.15, -0.1) is 0 Å². The highest BCUT2D eigenvalue weighted by Crippen LogP contribution is 2.21. The second-order valence-electron chi connectivity index (χ2n) is 2.23. The molecule has 0 aromatic heterocycles. The van der Waals surface area contributed by atoms with E-state index in [9.17, 15) is 13.6 Å². The molecule has 0 aliphatic heterocycles. The summed E-state index contributed by atoms with van der Waals surface area (Å²) in [7, 11) is 0. The van der Waals surface area contributed by atoms with Gasteiger partial charge >= 0.3 is 0 Å². The highest BCUT2D eigenvalue weighted by atomic mass is 19.1. The van der Waals surface area contributed by atoms with Crippen LogP contribution in [-0.4, -0.2) is 6.08 Å². The molecule has 0 unspecified atom stereocenters. The van der Waals surface area contributed by atoms with E-state index in [1.54, 1.807) is 0 Å². The number of benzene rings is 1. The first-order valence-corrected chi connectivity index (χ1v) is 3.18. The summed E-state index contributed by atoms with van der Waals surface area (Å²) in [6, 6.07) is 1.71. The lowest BCUT2D eigenvalue weighted by molar-refractivity contribution is 0.564. The predicted octanol–water partition coefficient (Wildman–Crippen LogP) is 2.24. The Morgan fingerprint density at radius 3 is 2.67 bits per heavy atom. The van der Waals surface area contributed by atoms with Crippen LogP contribution in [0, 0.1) is 18.6 Å². The third kappa shape index (κ3) is 1.54. The zero-order valence-electron chi connectivity index (χ0n) is 6.27. The molecule has 0 aliphatic carbocycles. The number of isocyanates is 1. The van der Waals surface area contributed by atoms with Crippen LogP contribution in [0.1, 0.15) is 5.56 Å². The second kappa shape index (κ2) is 3.24. The van der Waals surface area contributed by atoms with Crippen LogP contribution in [0.25, 0.3) is 0 Å². The zero-order chi connectivity index (χ0) is 9.14. The SMILES string of the molecule is Cc1c(F)cc(F)cc1N=C=O. The molecule has 0 bridgehead atoms. The standard InChI is InChI=1S/C8H5F2NO/c1-5-7(10)2-6(9)3-8(5)11-4-12/h2-3H,1H3. The molecule has 62 valence electrons. The molecule has 0 radical (unpaired) electrons. The van der Waals surface area contributed by atoms with Crippen LogP contribution in [0.4, 0.5) is 14.5 Å². The fourth-order valence-corrected chi connectivity index (χ4v) is 0.797. The minimum absolute atomic E-state index is 0.0255. The smallest absolute Gasteiger partial charge is 0.211 e. The van der Waals surface area contributed by atoms with E-state index in [0.717, 1.165) is 12.1 Å². The average molecular weight is 169 g/mol. The third-order valence-electron chi connectivity index (χ3n) is 1.45. The lowest BCUT2D eigenvalue weighted by Gasteiger charge is -1.98. The van der Waals surface area contributed by atoms with Crippen molar-refractivity contribution in [1.82, 2.24) is 0 Å². The van der Waals surface area contributed by atoms with Gasteiger partial charge in [0, 0.05) is 17.7 Å². The van der Waals surface area contributed by atoms with Crippen LogP contribution in [0.5, 0.6) is 0 Å². The molecule has 1 aromatic rings. The van der Waals surface area contributed by atoms with Crippen LogP contribution in [0.2, 0.25) is 0 Å². The van der Waals surface area contributed by atoms with Gasteiger partial charge in [-0.1, -0.05) is 0 Å². The first-order chi connectivity index (χ1) is 5.65. The van der Waals surface area contributed by atoms with Crippen LogP contribution < -0.4 is 0 Å². The van der Waals surface area contributed by atoms with Crippen molar-refractivity contribution in [3.8, 4) is 0 Å². The molecule has 0 spiro atoms. The van der Waals surface area contributed by atoms with Gasteiger partial charge in [0.05, 0.1) is 5.69 Å². The molecule has 4 heteroatoms. The third-order valence-corrected chi connectivity index (χ3v) is 1.45. The summed E-state index contributed by atoms with van der Waals surface area (Å²) < 4.78 is 25.2. The molecule has 12 heavy (non-hydrogen) atoms. The number of hydrogen-bond donors (Lipinski definition) is 0. The zero-order valence-corrected chi connectivity index (χ0v) is 6.27. The first-order valence-electron chi connectivity index (χ1n) is 3.18. The first kappa shape index (κ1) is 8.56. The lowest BCUT2D eigenvalue weighted by atomic mass is 10.2. The Hall–Kier alpha value is -1.54. The Kier molecular flexibility index (Phi) is 2.31. The minimum atomic E-state index is -0.757. The summed E-state index contributed by atoms with van der Waals surface area (Å²) in [5.41, 5.74) is 0.113. The van der Waals surface area contributed by atoms with Crippen molar-refractivity contribution in [3.05, 3.63) is 29.3 Å². The van der Waals surface area contributed by atoms with Crippen molar-refractivity contribution >= 4 is 11.8 Å². The van der Waals surface area contributed by atoms with E-state index < -0.39 is 11.6 Å². The molecular formula is C8H5F2NO. The molecule has 0 heterocycles. The summed E-state index contributed by atoms with van der Waals surface area (Å²) in [4.78, 5) is 13.0. The number of aliphatic imine (C=N–C) groups is 1. The average Bonchev–Trinajstić information content (AvgIpc) is 2.00. The van der Waals surface area contributed by atoms with E-state index in [2.05, 4.69) is 4.99 Å². The largest absolute Gasteiger partial charge is 0.240 e. The van der Waals surface area contributed by atoms with Gasteiger partial charge in [0.25, 0.3) is 0 Å². The predicted molar refractivity (Wildman–Crippen MR) is 38.9 cm³/mol. The van der Waals surface area contributed by atoms with E-state index in [4.69, 9.17) is 0 Å². The van der Waals surface area contributed by atoms with Crippen molar-refractivity contribution < 1.29 is 13.6 Å². The maximum atomic E-state index is 12.7. The van der Waals surface area contributed by atoms with Gasteiger partial charge < -0.3 is 0 Å². The summed E-state index contributed by atoms with van der Waals surface area (Å²) in [6.07, 6.45) is 1.22. The van der Waals surface area contributed by atoms with Gasteiger partial charge in [-0.3, -0.25) is 0 Å². The topological polar surface area (TPSA) is 29.4 Å². The van der Waals surface area contributed by atoms with E-state index in [1.807, 2.05) is 0 Å². The number of nitrogens with zero attached hydrogens (tertiary/aromatic N) is 1. The van der Waals surface area contributed by atoms with Gasteiger partial charge in [0.2, 0.25) is 6.08 Å². The molecule has 2 nitrogen and oxygen atoms in total. The van der Waals surface area contributed by atoms with E-state index in [-0.39, 0.29) is 11.3 Å². The van der Waals surface area contributed by atoms with Crippen molar-refractivity contribution in [2.24, 2.45) is 4.99 Å². The van der Waals surface area contributed by atoms with E-state index in [1.165, 1.54) is 13.0 Å². The van der Waals surface area contributed by atoms with Crippen molar-refractivity contribution in [3.63, 3.8) is 0 Å². The van der Waals surface area contributed by atoms with Gasteiger partial charge in [0.15, 0.2) is 0 Å². The van der Waals surface area contributed by atoms with Crippen molar-refractivity contribution in [1.29, 1.82) is 0 Å². The molecule has 0 saturated carbocycles. The fraction of sp³-hybridized carbons (Fsp3) is 0.125. The van der Waals surface area contributed by atoms with Crippen molar-refractivity contribution in [2.75, 3.05) is 0 Å². The van der Waals surface area contributed by atoms with Crippen LogP contribution >= 0.6 is 0 Å². The van der Waals surface area contributed by atoms with Gasteiger partial charge in [-0.2, -0.15) is 4.99 Å². The monoisotopic (exact) mass is 169 g/mol. The molecule has 0 atom stereocenters. The maximum absolute atomic E-state index is 12.7. The van der Waals surface area contributed by atoms with Crippen LogP contribution in [-0.2, 0) is 4.79 Å². The maximum Gasteiger partial charge on any atom is 0.240 e. The molecular weight excluding hydrogens is 164 g/mol. The molecule has 0 aliphatic rings. The van der Waals surface area contributed by atoms with Crippen LogP contribution in [0.15, 0.2) is 17.1 Å². The quantitative estimate of drug-likeness (QED) is 0.468.